The first-order chi connectivity index (χ1) is 43.6. The van der Waals surface area contributed by atoms with E-state index < -0.39 is 10.8 Å². The van der Waals surface area contributed by atoms with E-state index >= 15 is 0 Å². The van der Waals surface area contributed by atoms with E-state index in [-0.39, 0.29) is 0 Å². The van der Waals surface area contributed by atoms with Gasteiger partial charge in [0.25, 0.3) is 0 Å². The van der Waals surface area contributed by atoms with Gasteiger partial charge < -0.3 is 9.13 Å². The maximum absolute atomic E-state index is 5.50. The highest BCUT2D eigenvalue weighted by Gasteiger charge is 2.47. The number of rotatable bonds is 9. The van der Waals surface area contributed by atoms with Crippen molar-refractivity contribution in [1.82, 2.24) is 24.1 Å². The predicted octanol–water partition coefficient (Wildman–Crippen LogP) is 19.8. The first-order valence-electron chi connectivity index (χ1n) is 30.2. The van der Waals surface area contributed by atoms with Crippen molar-refractivity contribution in [2.75, 3.05) is 0 Å². The molecule has 0 N–H and O–H groups in total. The number of hydrogen-bond acceptors (Lipinski definition) is 3. The topological polar surface area (TPSA) is 48.5 Å². The van der Waals surface area contributed by atoms with Gasteiger partial charge in [0.15, 0.2) is 17.5 Å². The highest BCUT2D eigenvalue weighted by atomic mass is 15.0. The SMILES string of the molecule is c1ccc(-c2ccc3c(c2)C(c2ccccc2)(c2ccccc2)c2cccc4c5cc(-c6nc(-c7ccccc7)nc(-c7ccc8c(c7)c7cccc9c7n8-c7ccc(-c8ccccc8)cc7C9(c7ccccc7)c7ccccc7)n6)ccc5n-3c24)cc1. The predicted molar refractivity (Wildman–Crippen MR) is 359 cm³/mol. The molecule has 3 aromatic heterocycles. The average molecular weight is 1120 g/mol. The Bertz CT molecular complexity index is 5010. The summed E-state index contributed by atoms with van der Waals surface area (Å²) >= 11 is 0. The third-order valence-corrected chi connectivity index (χ3v) is 18.9. The second-order valence-electron chi connectivity index (χ2n) is 23.4. The van der Waals surface area contributed by atoms with Gasteiger partial charge in [0.2, 0.25) is 0 Å². The number of fused-ring (bicyclic) bond motifs is 10. The van der Waals surface area contributed by atoms with Crippen LogP contribution in [0.2, 0.25) is 0 Å². The standard InChI is InChI=1S/C83H53N5/c1-8-24-54(25-9-1)57-42-48-75-71(52-57)82(61-30-14-4-15-31-61,62-32-16-5-17-33-62)69-40-22-38-65-67-50-59(44-46-73(67)87(75)77(65)69)80-84-79(56-28-12-3-13-29-56)85-81(86-80)60-45-47-74-68(51-60)66-39-23-41-70-78(66)88(74)76-49-43-58(55-26-10-2-11-27-55)53-72(76)83(70,63-34-18-6-19-35-63)64-36-20-7-21-37-64/h1-53H. The van der Waals surface area contributed by atoms with Crippen molar-refractivity contribution >= 4 is 43.6 Å². The van der Waals surface area contributed by atoms with Gasteiger partial charge in [-0.1, -0.05) is 261 Å². The van der Waals surface area contributed by atoms with Crippen LogP contribution >= 0.6 is 0 Å². The Morgan fingerprint density at radius 3 is 0.898 bits per heavy atom. The number of para-hydroxylation sites is 2. The number of aromatic nitrogens is 5. The van der Waals surface area contributed by atoms with Crippen molar-refractivity contribution in [2.24, 2.45) is 0 Å². The summed E-state index contributed by atoms with van der Waals surface area (Å²) in [6, 6.07) is 118. The van der Waals surface area contributed by atoms with E-state index in [4.69, 9.17) is 15.0 Å². The summed E-state index contributed by atoms with van der Waals surface area (Å²) in [5.74, 6) is 1.83. The van der Waals surface area contributed by atoms with Gasteiger partial charge in [0.05, 0.1) is 44.3 Å². The first kappa shape index (κ1) is 49.9. The molecular formula is C83H53N5. The molecule has 0 aliphatic carbocycles. The van der Waals surface area contributed by atoms with Gasteiger partial charge in [0.1, 0.15) is 0 Å². The van der Waals surface area contributed by atoms with Crippen molar-refractivity contribution in [3.8, 4) is 67.8 Å². The molecule has 0 fully saturated rings. The largest absolute Gasteiger partial charge is 0.309 e. The smallest absolute Gasteiger partial charge is 0.164 e. The fourth-order valence-electron chi connectivity index (χ4n) is 15.2. The molecular weight excluding hydrogens is 1070 g/mol. The van der Waals surface area contributed by atoms with Crippen LogP contribution in [0.4, 0.5) is 0 Å². The minimum absolute atomic E-state index is 0.606. The molecule has 0 amide bonds. The maximum Gasteiger partial charge on any atom is 0.164 e. The van der Waals surface area contributed by atoms with Gasteiger partial charge in [-0.2, -0.15) is 0 Å². The van der Waals surface area contributed by atoms with E-state index in [0.29, 0.717) is 17.5 Å². The molecule has 0 saturated heterocycles. The van der Waals surface area contributed by atoms with Crippen LogP contribution in [0.1, 0.15) is 44.5 Å². The van der Waals surface area contributed by atoms with Crippen molar-refractivity contribution in [3.63, 3.8) is 0 Å². The van der Waals surface area contributed by atoms with Crippen LogP contribution < -0.4 is 0 Å². The zero-order valence-corrected chi connectivity index (χ0v) is 47.8. The Labute approximate surface area is 509 Å². The van der Waals surface area contributed by atoms with E-state index in [1.54, 1.807) is 0 Å². The summed E-state index contributed by atoms with van der Waals surface area (Å²) in [4.78, 5) is 16.2. The number of hydrogen-bond donors (Lipinski definition) is 0. The van der Waals surface area contributed by atoms with E-state index in [9.17, 15) is 0 Å². The fraction of sp³-hybridized carbons (Fsp3) is 0.0241. The molecule has 2 aliphatic rings. The van der Waals surface area contributed by atoms with Crippen molar-refractivity contribution in [2.45, 2.75) is 10.8 Å². The van der Waals surface area contributed by atoms with Gasteiger partial charge in [-0.05, 0) is 127 Å². The van der Waals surface area contributed by atoms with Gasteiger partial charge in [-0.15, -0.1) is 0 Å². The van der Waals surface area contributed by atoms with Gasteiger partial charge in [-0.25, -0.2) is 15.0 Å². The van der Waals surface area contributed by atoms with Crippen molar-refractivity contribution in [3.05, 3.63) is 366 Å². The zero-order valence-electron chi connectivity index (χ0n) is 47.8. The molecule has 0 unspecified atom stereocenters. The van der Waals surface area contributed by atoms with Crippen LogP contribution in [0.5, 0.6) is 0 Å². The van der Waals surface area contributed by atoms with Crippen LogP contribution in [-0.2, 0) is 10.8 Å². The Balaban J connectivity index is 0.850. The first-order valence-corrected chi connectivity index (χ1v) is 30.2. The normalized spacial score (nSPS) is 13.4. The van der Waals surface area contributed by atoms with Crippen LogP contribution in [0.15, 0.2) is 322 Å². The third kappa shape index (κ3) is 7.19. The van der Waals surface area contributed by atoms with Crippen molar-refractivity contribution < 1.29 is 0 Å². The van der Waals surface area contributed by atoms with Crippen LogP contribution in [0.25, 0.3) is 111 Å². The molecule has 0 radical (unpaired) electrons. The second kappa shape index (κ2) is 19.5. The Kier molecular flexibility index (Phi) is 11.1. The molecule has 2 aliphatic heterocycles. The molecule has 0 atom stereocenters. The lowest BCUT2D eigenvalue weighted by molar-refractivity contribution is 0.728. The Morgan fingerprint density at radius 2 is 0.534 bits per heavy atom. The van der Waals surface area contributed by atoms with Gasteiger partial charge >= 0.3 is 0 Å². The molecule has 13 aromatic carbocycles. The van der Waals surface area contributed by atoms with Crippen LogP contribution in [0, 0.1) is 0 Å². The Morgan fingerprint density at radius 1 is 0.216 bits per heavy atom. The quantitative estimate of drug-likeness (QED) is 0.145. The highest BCUT2D eigenvalue weighted by Crippen LogP contribution is 2.57. The fourth-order valence-corrected chi connectivity index (χ4v) is 15.2. The van der Waals surface area contributed by atoms with Gasteiger partial charge in [0, 0.05) is 38.2 Å². The summed E-state index contributed by atoms with van der Waals surface area (Å²) < 4.78 is 5.01. The lowest BCUT2D eigenvalue weighted by Gasteiger charge is -2.42. The summed E-state index contributed by atoms with van der Waals surface area (Å²) in [6.07, 6.45) is 0. The average Bonchev–Trinajstić information content (AvgIpc) is 1.40. The van der Waals surface area contributed by atoms with E-state index in [0.717, 1.165) is 49.9 Å². The zero-order chi connectivity index (χ0) is 57.9. The third-order valence-electron chi connectivity index (χ3n) is 18.9. The lowest BCUT2D eigenvalue weighted by Crippen LogP contribution is -2.35. The number of benzene rings is 13. The molecule has 0 spiro atoms. The molecule has 88 heavy (non-hydrogen) atoms. The molecule has 18 rings (SSSR count). The van der Waals surface area contributed by atoms with Crippen molar-refractivity contribution in [1.29, 1.82) is 0 Å². The lowest BCUT2D eigenvalue weighted by atomic mass is 9.63. The van der Waals surface area contributed by atoms with Crippen LogP contribution in [0.3, 0.4) is 0 Å². The van der Waals surface area contributed by atoms with Crippen LogP contribution in [-0.4, -0.2) is 24.1 Å². The second-order valence-corrected chi connectivity index (χ2v) is 23.4. The molecule has 0 bridgehead atoms. The molecule has 0 saturated carbocycles. The maximum atomic E-state index is 5.50. The molecule has 410 valence electrons. The summed E-state index contributed by atoms with van der Waals surface area (Å²) in [5.41, 5.74) is 22.9. The molecule has 16 aromatic rings. The summed E-state index contributed by atoms with van der Waals surface area (Å²) in [7, 11) is 0. The summed E-state index contributed by atoms with van der Waals surface area (Å²) in [6.45, 7) is 0. The Hall–Kier alpha value is -11.5. The minimum Gasteiger partial charge on any atom is -0.309 e. The number of nitrogens with zero attached hydrogens (tertiary/aromatic N) is 5. The molecule has 5 heterocycles. The highest BCUT2D eigenvalue weighted by molar-refractivity contribution is 6.15. The van der Waals surface area contributed by atoms with E-state index in [2.05, 4.69) is 325 Å². The van der Waals surface area contributed by atoms with E-state index in [1.807, 2.05) is 6.07 Å². The summed E-state index contributed by atoms with van der Waals surface area (Å²) in [5, 5.41) is 4.59. The van der Waals surface area contributed by atoms with E-state index in [1.165, 1.54) is 88.6 Å². The molecule has 5 nitrogen and oxygen atoms in total. The van der Waals surface area contributed by atoms with Gasteiger partial charge in [-0.3, -0.25) is 0 Å². The minimum atomic E-state index is -0.641. The molecule has 5 heteroatoms. The monoisotopic (exact) mass is 1120 g/mol.